The number of carbonyl (C=O) groups is 3. The summed E-state index contributed by atoms with van der Waals surface area (Å²) in [4.78, 5) is 44.4. The number of hydrogen-bond acceptors (Lipinski definition) is 8. The van der Waals surface area contributed by atoms with Crippen molar-refractivity contribution in [2.24, 2.45) is 0 Å². The number of carbonyl (C=O) groups excluding carboxylic acids is 3. The Labute approximate surface area is 200 Å². The van der Waals surface area contributed by atoms with E-state index in [1.54, 1.807) is 35.7 Å². The van der Waals surface area contributed by atoms with Gasteiger partial charge in [0.1, 0.15) is 18.1 Å². The summed E-state index contributed by atoms with van der Waals surface area (Å²) < 4.78 is 16.1. The average Bonchev–Trinajstić information content (AvgIpc) is 3.30. The first-order valence-corrected chi connectivity index (χ1v) is 11.4. The van der Waals surface area contributed by atoms with Crippen molar-refractivity contribution in [1.82, 2.24) is 4.98 Å². The fraction of sp³-hybridized carbons (Fsp3) is 0.250. The Morgan fingerprint density at radius 2 is 1.94 bits per heavy atom. The highest BCUT2D eigenvalue weighted by Gasteiger charge is 2.26. The molecule has 1 aliphatic heterocycles. The number of nitrogens with zero attached hydrogens (tertiary/aromatic N) is 3. The quantitative estimate of drug-likeness (QED) is 0.453. The number of fused-ring (bicyclic) bond motifs is 1. The average molecular weight is 482 g/mol. The van der Waals surface area contributed by atoms with Gasteiger partial charge in [-0.05, 0) is 24.3 Å². The molecule has 0 saturated carbocycles. The molecule has 176 valence electrons. The van der Waals surface area contributed by atoms with Crippen LogP contribution in [-0.2, 0) is 25.7 Å². The molecule has 0 saturated heterocycles. The lowest BCUT2D eigenvalue weighted by Crippen LogP contribution is -2.40. The molecule has 3 aromatic rings. The van der Waals surface area contributed by atoms with Crippen LogP contribution in [-0.4, -0.2) is 43.0 Å². The normalized spacial score (nSPS) is 12.5. The Kier molecular flexibility index (Phi) is 7.07. The van der Waals surface area contributed by atoms with E-state index in [0.29, 0.717) is 33.7 Å². The van der Waals surface area contributed by atoms with Crippen LogP contribution in [0.25, 0.3) is 0 Å². The molecule has 0 fully saturated rings. The summed E-state index contributed by atoms with van der Waals surface area (Å²) in [6.07, 6.45) is 0.0256. The molecule has 0 unspecified atom stereocenters. The molecule has 0 bridgehead atoms. The standard InChI is InChI=1S/C24H23N3O6S/c1-16(28)27(19-8-4-5-9-20(19)31-2)24-25-17(15-34-24)13-33-23(30)11-12-26-18-7-3-6-10-21(18)32-14-22(26)29/h3-10,15H,11-14H2,1-2H3. The lowest BCUT2D eigenvalue weighted by molar-refractivity contribution is -0.144. The van der Waals surface area contributed by atoms with Gasteiger partial charge in [0.05, 0.1) is 30.6 Å². The zero-order valence-electron chi connectivity index (χ0n) is 18.7. The third-order valence-electron chi connectivity index (χ3n) is 5.10. The highest BCUT2D eigenvalue weighted by atomic mass is 32.1. The Hall–Kier alpha value is -3.92. The number of rotatable bonds is 8. The second-order valence-corrected chi connectivity index (χ2v) is 8.20. The van der Waals surface area contributed by atoms with Crippen molar-refractivity contribution in [2.75, 3.05) is 30.1 Å². The molecule has 1 aromatic heterocycles. The molecular formula is C24H23N3O6S. The molecule has 0 atom stereocenters. The summed E-state index contributed by atoms with van der Waals surface area (Å²) in [6, 6.07) is 14.3. The van der Waals surface area contributed by atoms with Gasteiger partial charge in [0.15, 0.2) is 11.7 Å². The molecule has 0 aliphatic carbocycles. The van der Waals surface area contributed by atoms with Crippen LogP contribution in [0.5, 0.6) is 11.5 Å². The zero-order chi connectivity index (χ0) is 24.1. The van der Waals surface area contributed by atoms with Gasteiger partial charge in [-0.25, -0.2) is 4.98 Å². The first kappa shape index (κ1) is 23.2. The number of para-hydroxylation sites is 4. The van der Waals surface area contributed by atoms with Crippen LogP contribution in [0.1, 0.15) is 19.0 Å². The predicted molar refractivity (Wildman–Crippen MR) is 127 cm³/mol. The number of amides is 2. The summed E-state index contributed by atoms with van der Waals surface area (Å²) in [7, 11) is 1.53. The fourth-order valence-electron chi connectivity index (χ4n) is 3.52. The maximum atomic E-state index is 12.3. The molecule has 2 aromatic carbocycles. The van der Waals surface area contributed by atoms with Crippen LogP contribution < -0.4 is 19.3 Å². The van der Waals surface area contributed by atoms with Crippen LogP contribution in [0.15, 0.2) is 53.9 Å². The van der Waals surface area contributed by atoms with Crippen molar-refractivity contribution in [3.8, 4) is 11.5 Å². The van der Waals surface area contributed by atoms with Gasteiger partial charge >= 0.3 is 5.97 Å². The van der Waals surface area contributed by atoms with Crippen LogP contribution in [0.4, 0.5) is 16.5 Å². The van der Waals surface area contributed by atoms with Gasteiger partial charge in [-0.2, -0.15) is 0 Å². The molecular weight excluding hydrogens is 458 g/mol. The molecule has 4 rings (SSSR count). The fourth-order valence-corrected chi connectivity index (χ4v) is 4.38. The summed E-state index contributed by atoms with van der Waals surface area (Å²) in [5.41, 5.74) is 1.73. The van der Waals surface area contributed by atoms with Crippen LogP contribution in [0, 0.1) is 0 Å². The topological polar surface area (TPSA) is 98.3 Å². The van der Waals surface area contributed by atoms with Crippen molar-refractivity contribution in [2.45, 2.75) is 20.0 Å². The lowest BCUT2D eigenvalue weighted by Gasteiger charge is -2.28. The molecule has 34 heavy (non-hydrogen) atoms. The zero-order valence-corrected chi connectivity index (χ0v) is 19.5. The van der Waals surface area contributed by atoms with E-state index in [1.165, 1.54) is 35.2 Å². The number of aromatic nitrogens is 1. The molecule has 0 radical (unpaired) electrons. The van der Waals surface area contributed by atoms with Crippen molar-refractivity contribution in [3.63, 3.8) is 0 Å². The minimum absolute atomic E-state index is 0.0256. The SMILES string of the molecule is COc1ccccc1N(C(C)=O)c1nc(COC(=O)CCN2C(=O)COc3ccccc32)cs1. The van der Waals surface area contributed by atoms with E-state index in [4.69, 9.17) is 14.2 Å². The van der Waals surface area contributed by atoms with Gasteiger partial charge in [-0.1, -0.05) is 24.3 Å². The van der Waals surface area contributed by atoms with Crippen LogP contribution >= 0.6 is 11.3 Å². The molecule has 2 heterocycles. The minimum Gasteiger partial charge on any atom is -0.495 e. The maximum Gasteiger partial charge on any atom is 0.307 e. The first-order valence-electron chi connectivity index (χ1n) is 10.5. The van der Waals surface area contributed by atoms with E-state index < -0.39 is 5.97 Å². The number of anilines is 3. The number of benzene rings is 2. The largest absolute Gasteiger partial charge is 0.495 e. The summed E-state index contributed by atoms with van der Waals surface area (Å²) in [5.74, 6) is 0.254. The predicted octanol–water partition coefficient (Wildman–Crippen LogP) is 3.70. The summed E-state index contributed by atoms with van der Waals surface area (Å²) >= 11 is 1.26. The summed E-state index contributed by atoms with van der Waals surface area (Å²) in [5, 5.41) is 2.17. The molecule has 10 heteroatoms. The van der Waals surface area contributed by atoms with Gasteiger partial charge in [-0.3, -0.25) is 19.3 Å². The number of hydrogen-bond donors (Lipinski definition) is 0. The number of esters is 1. The van der Waals surface area contributed by atoms with E-state index in [1.807, 2.05) is 18.2 Å². The first-order chi connectivity index (χ1) is 16.5. The Balaban J connectivity index is 1.37. The van der Waals surface area contributed by atoms with E-state index in [0.717, 1.165) is 0 Å². The van der Waals surface area contributed by atoms with Crippen molar-refractivity contribution in [3.05, 3.63) is 59.6 Å². The molecule has 1 aliphatic rings. The smallest absolute Gasteiger partial charge is 0.307 e. The molecule has 0 spiro atoms. The minimum atomic E-state index is -0.459. The highest BCUT2D eigenvalue weighted by Crippen LogP contribution is 2.35. The van der Waals surface area contributed by atoms with Crippen LogP contribution in [0.3, 0.4) is 0 Å². The van der Waals surface area contributed by atoms with Crippen molar-refractivity contribution in [1.29, 1.82) is 0 Å². The van der Waals surface area contributed by atoms with Crippen LogP contribution in [0.2, 0.25) is 0 Å². The monoisotopic (exact) mass is 481 g/mol. The summed E-state index contributed by atoms with van der Waals surface area (Å²) in [6.45, 7) is 1.53. The lowest BCUT2D eigenvalue weighted by atomic mass is 10.2. The third-order valence-corrected chi connectivity index (χ3v) is 5.98. The number of ether oxygens (including phenoxy) is 3. The van der Waals surface area contributed by atoms with Gasteiger partial charge in [0.25, 0.3) is 5.91 Å². The molecule has 9 nitrogen and oxygen atoms in total. The van der Waals surface area contributed by atoms with E-state index >= 15 is 0 Å². The third kappa shape index (κ3) is 5.01. The molecule has 2 amide bonds. The van der Waals surface area contributed by atoms with Crippen molar-refractivity contribution >= 4 is 45.6 Å². The highest BCUT2D eigenvalue weighted by molar-refractivity contribution is 7.14. The van der Waals surface area contributed by atoms with E-state index in [-0.39, 0.29) is 38.0 Å². The second kappa shape index (κ2) is 10.3. The van der Waals surface area contributed by atoms with E-state index in [2.05, 4.69) is 4.98 Å². The van der Waals surface area contributed by atoms with E-state index in [9.17, 15) is 14.4 Å². The van der Waals surface area contributed by atoms with Gasteiger partial charge < -0.3 is 19.1 Å². The number of thiazole rings is 1. The second-order valence-electron chi connectivity index (χ2n) is 7.36. The van der Waals surface area contributed by atoms with Crippen molar-refractivity contribution < 1.29 is 28.6 Å². The van der Waals surface area contributed by atoms with Gasteiger partial charge in [0.2, 0.25) is 5.91 Å². The van der Waals surface area contributed by atoms with Gasteiger partial charge in [0, 0.05) is 18.8 Å². The Morgan fingerprint density at radius 3 is 2.74 bits per heavy atom. The maximum absolute atomic E-state index is 12.3. The Morgan fingerprint density at radius 1 is 1.18 bits per heavy atom. The number of methoxy groups -OCH3 is 1. The Bertz CT molecular complexity index is 1210. The molecule has 0 N–H and O–H groups in total. The van der Waals surface area contributed by atoms with Gasteiger partial charge in [-0.15, -0.1) is 11.3 Å².